The SMILES string of the molecule is CC(=O)SCC(=O)Nc1sc2c(c1C(N)=O)CCCC2. The molecular formula is C13H16N2O3S2. The van der Waals surface area contributed by atoms with Gasteiger partial charge in [-0.2, -0.15) is 0 Å². The Labute approximate surface area is 125 Å². The second kappa shape index (κ2) is 6.41. The van der Waals surface area contributed by atoms with Crippen molar-refractivity contribution in [2.45, 2.75) is 32.6 Å². The first-order valence-electron chi connectivity index (χ1n) is 6.36. The zero-order valence-corrected chi connectivity index (χ0v) is 12.8. The maximum absolute atomic E-state index is 11.8. The predicted molar refractivity (Wildman–Crippen MR) is 81.2 cm³/mol. The van der Waals surface area contributed by atoms with E-state index in [4.69, 9.17) is 5.73 Å². The fourth-order valence-corrected chi connectivity index (χ4v) is 3.96. The smallest absolute Gasteiger partial charge is 0.251 e. The second-order valence-corrected chi connectivity index (χ2v) is 6.87. The number of primary amides is 1. The van der Waals surface area contributed by atoms with E-state index >= 15 is 0 Å². The summed E-state index contributed by atoms with van der Waals surface area (Å²) in [4.78, 5) is 35.4. The lowest BCUT2D eigenvalue weighted by Gasteiger charge is -2.11. The van der Waals surface area contributed by atoms with Crippen molar-refractivity contribution in [2.24, 2.45) is 5.73 Å². The van der Waals surface area contributed by atoms with Gasteiger partial charge in [0.15, 0.2) is 5.12 Å². The van der Waals surface area contributed by atoms with Gasteiger partial charge < -0.3 is 11.1 Å². The van der Waals surface area contributed by atoms with Crippen molar-refractivity contribution in [3.63, 3.8) is 0 Å². The molecule has 0 spiro atoms. The van der Waals surface area contributed by atoms with Crippen molar-refractivity contribution in [3.8, 4) is 0 Å². The third-order valence-electron chi connectivity index (χ3n) is 3.08. The molecule has 0 aromatic carbocycles. The molecule has 0 saturated carbocycles. The number of nitrogens with two attached hydrogens (primary N) is 1. The fourth-order valence-electron chi connectivity index (χ4n) is 2.24. The summed E-state index contributed by atoms with van der Waals surface area (Å²) >= 11 is 2.37. The van der Waals surface area contributed by atoms with Crippen LogP contribution in [0.15, 0.2) is 0 Å². The predicted octanol–water partition coefficient (Wildman–Crippen LogP) is 1.94. The molecule has 0 unspecified atom stereocenters. The number of anilines is 1. The third-order valence-corrected chi connectivity index (χ3v) is 5.10. The van der Waals surface area contributed by atoms with Crippen LogP contribution in [-0.4, -0.2) is 22.7 Å². The summed E-state index contributed by atoms with van der Waals surface area (Å²) in [5.74, 6) is -0.735. The molecule has 1 heterocycles. The van der Waals surface area contributed by atoms with Crippen molar-refractivity contribution >= 4 is 45.0 Å². The number of carbonyl (C=O) groups excluding carboxylic acids is 3. The Bertz CT molecular complexity index is 566. The minimum atomic E-state index is -0.501. The van der Waals surface area contributed by atoms with Crippen LogP contribution in [0.5, 0.6) is 0 Å². The molecule has 7 heteroatoms. The molecular weight excluding hydrogens is 296 g/mol. The molecule has 5 nitrogen and oxygen atoms in total. The van der Waals surface area contributed by atoms with Gasteiger partial charge in [-0.3, -0.25) is 14.4 Å². The van der Waals surface area contributed by atoms with Gasteiger partial charge in [-0.25, -0.2) is 0 Å². The molecule has 1 aromatic rings. The largest absolute Gasteiger partial charge is 0.365 e. The van der Waals surface area contributed by atoms with E-state index in [0.29, 0.717) is 10.6 Å². The van der Waals surface area contributed by atoms with E-state index in [-0.39, 0.29) is 16.8 Å². The van der Waals surface area contributed by atoms with Crippen LogP contribution in [0.3, 0.4) is 0 Å². The van der Waals surface area contributed by atoms with E-state index in [2.05, 4.69) is 5.32 Å². The van der Waals surface area contributed by atoms with Crippen molar-refractivity contribution in [1.29, 1.82) is 0 Å². The molecule has 2 amide bonds. The number of aryl methyl sites for hydroxylation is 1. The van der Waals surface area contributed by atoms with Crippen LogP contribution >= 0.6 is 23.1 Å². The average molecular weight is 312 g/mol. The minimum Gasteiger partial charge on any atom is -0.365 e. The summed E-state index contributed by atoms with van der Waals surface area (Å²) in [5.41, 5.74) is 6.88. The highest BCUT2D eigenvalue weighted by Gasteiger charge is 2.24. The zero-order chi connectivity index (χ0) is 14.7. The van der Waals surface area contributed by atoms with Gasteiger partial charge in [0.2, 0.25) is 5.91 Å². The quantitative estimate of drug-likeness (QED) is 0.889. The number of thioether (sulfide) groups is 1. The van der Waals surface area contributed by atoms with Crippen molar-refractivity contribution < 1.29 is 14.4 Å². The first kappa shape index (κ1) is 15.1. The van der Waals surface area contributed by atoms with Crippen LogP contribution < -0.4 is 11.1 Å². The summed E-state index contributed by atoms with van der Waals surface area (Å²) in [5, 5.41) is 3.13. The van der Waals surface area contributed by atoms with Crippen molar-refractivity contribution in [1.82, 2.24) is 0 Å². The molecule has 0 radical (unpaired) electrons. The summed E-state index contributed by atoms with van der Waals surface area (Å²) in [6, 6.07) is 0. The van der Waals surface area contributed by atoms with Crippen LogP contribution in [0.1, 0.15) is 40.6 Å². The van der Waals surface area contributed by atoms with Gasteiger partial charge in [0, 0.05) is 11.8 Å². The lowest BCUT2D eigenvalue weighted by atomic mass is 9.95. The number of thiophene rings is 1. The molecule has 0 atom stereocenters. The van der Waals surface area contributed by atoms with E-state index in [1.165, 1.54) is 18.3 Å². The Morgan fingerprint density at radius 2 is 2.00 bits per heavy atom. The van der Waals surface area contributed by atoms with Gasteiger partial charge in [0.05, 0.1) is 11.3 Å². The first-order valence-corrected chi connectivity index (χ1v) is 8.16. The number of amides is 2. The Kier molecular flexibility index (Phi) is 4.82. The summed E-state index contributed by atoms with van der Waals surface area (Å²) in [6.07, 6.45) is 3.90. The first-order chi connectivity index (χ1) is 9.49. The van der Waals surface area contributed by atoms with E-state index < -0.39 is 5.91 Å². The molecule has 1 aromatic heterocycles. The third kappa shape index (κ3) is 3.40. The van der Waals surface area contributed by atoms with Crippen LogP contribution in [0.2, 0.25) is 0 Å². The minimum absolute atomic E-state index is 0.0517. The Morgan fingerprint density at radius 1 is 1.30 bits per heavy atom. The van der Waals surface area contributed by atoms with Gasteiger partial charge in [-0.1, -0.05) is 11.8 Å². The standard InChI is InChI=1S/C13H16N2O3S2/c1-7(16)19-6-10(17)15-13-11(12(14)18)8-4-2-3-5-9(8)20-13/h2-6H2,1H3,(H2,14,18)(H,15,17). The zero-order valence-electron chi connectivity index (χ0n) is 11.2. The molecule has 0 fully saturated rings. The Hall–Kier alpha value is -1.34. The summed E-state index contributed by atoms with van der Waals surface area (Å²) in [6.45, 7) is 1.41. The van der Waals surface area contributed by atoms with Crippen LogP contribution in [0.25, 0.3) is 0 Å². The molecule has 0 saturated heterocycles. The van der Waals surface area contributed by atoms with Crippen molar-refractivity contribution in [2.75, 3.05) is 11.1 Å². The molecule has 1 aliphatic rings. The molecule has 108 valence electrons. The molecule has 3 N–H and O–H groups in total. The average Bonchev–Trinajstić information content (AvgIpc) is 2.74. The summed E-state index contributed by atoms with van der Waals surface area (Å²) < 4.78 is 0. The van der Waals surface area contributed by atoms with Gasteiger partial charge in [-0.15, -0.1) is 11.3 Å². The van der Waals surface area contributed by atoms with E-state index in [9.17, 15) is 14.4 Å². The number of hydrogen-bond donors (Lipinski definition) is 2. The van der Waals surface area contributed by atoms with Crippen LogP contribution in [0, 0.1) is 0 Å². The number of hydrogen-bond acceptors (Lipinski definition) is 5. The Morgan fingerprint density at radius 3 is 2.65 bits per heavy atom. The van der Waals surface area contributed by atoms with Crippen LogP contribution in [-0.2, 0) is 22.4 Å². The van der Waals surface area contributed by atoms with Gasteiger partial charge in [-0.05, 0) is 31.2 Å². The maximum atomic E-state index is 11.8. The molecule has 2 rings (SSSR count). The van der Waals surface area contributed by atoms with Gasteiger partial charge in [0.1, 0.15) is 5.00 Å². The number of fused-ring (bicyclic) bond motifs is 1. The van der Waals surface area contributed by atoms with Gasteiger partial charge >= 0.3 is 0 Å². The van der Waals surface area contributed by atoms with E-state index in [1.54, 1.807) is 0 Å². The molecule has 1 aliphatic carbocycles. The van der Waals surface area contributed by atoms with Crippen LogP contribution in [0.4, 0.5) is 5.00 Å². The number of carbonyl (C=O) groups is 3. The highest BCUT2D eigenvalue weighted by atomic mass is 32.2. The van der Waals surface area contributed by atoms with E-state index in [1.807, 2.05) is 0 Å². The van der Waals surface area contributed by atoms with Crippen molar-refractivity contribution in [3.05, 3.63) is 16.0 Å². The molecule has 0 bridgehead atoms. The highest BCUT2D eigenvalue weighted by Crippen LogP contribution is 2.37. The Balaban J connectivity index is 2.18. The lowest BCUT2D eigenvalue weighted by molar-refractivity contribution is -0.114. The number of rotatable bonds is 4. The fraction of sp³-hybridized carbons (Fsp3) is 0.462. The monoisotopic (exact) mass is 312 g/mol. The maximum Gasteiger partial charge on any atom is 0.251 e. The van der Waals surface area contributed by atoms with E-state index in [0.717, 1.165) is 47.9 Å². The lowest BCUT2D eigenvalue weighted by Crippen LogP contribution is -2.19. The normalized spacial score (nSPS) is 13.7. The topological polar surface area (TPSA) is 89.3 Å². The number of nitrogens with one attached hydrogen (secondary N) is 1. The highest BCUT2D eigenvalue weighted by molar-refractivity contribution is 8.14. The molecule has 0 aliphatic heterocycles. The van der Waals surface area contributed by atoms with Gasteiger partial charge in [0.25, 0.3) is 5.91 Å². The second-order valence-electron chi connectivity index (χ2n) is 4.61. The molecule has 20 heavy (non-hydrogen) atoms. The summed E-state index contributed by atoms with van der Waals surface area (Å²) in [7, 11) is 0.